The van der Waals surface area contributed by atoms with E-state index in [1.807, 2.05) is 24.3 Å². The Labute approximate surface area is 161 Å². The van der Waals surface area contributed by atoms with Gasteiger partial charge in [-0.25, -0.2) is 9.48 Å². The molecule has 1 aliphatic carbocycles. The van der Waals surface area contributed by atoms with Crippen LogP contribution in [0.25, 0.3) is 10.9 Å². The molecule has 2 aromatic heterocycles. The molecule has 28 heavy (non-hydrogen) atoms. The highest BCUT2D eigenvalue weighted by Crippen LogP contribution is 2.32. The van der Waals surface area contributed by atoms with Crippen molar-refractivity contribution in [2.75, 3.05) is 0 Å². The van der Waals surface area contributed by atoms with Crippen molar-refractivity contribution in [3.8, 4) is 11.5 Å². The first-order valence-corrected chi connectivity index (χ1v) is 9.45. The number of rotatable bonds is 6. The van der Waals surface area contributed by atoms with E-state index in [1.54, 1.807) is 12.3 Å². The molecule has 0 amide bonds. The maximum absolute atomic E-state index is 12.6. The lowest BCUT2D eigenvalue weighted by Gasteiger charge is -2.18. The van der Waals surface area contributed by atoms with Crippen LogP contribution in [0.2, 0.25) is 0 Å². The molecule has 2 heterocycles. The molecule has 0 saturated heterocycles. The number of nitrogens with zero attached hydrogens (tertiary/aromatic N) is 3. The fraction of sp³-hybridized carbons (Fsp3) is 0.333. The quantitative estimate of drug-likeness (QED) is 0.700. The summed E-state index contributed by atoms with van der Waals surface area (Å²) in [6, 6.07) is 9.61. The molecule has 0 aliphatic heterocycles. The Morgan fingerprint density at radius 3 is 2.79 bits per heavy atom. The number of pyridine rings is 1. The number of aliphatic carboxylic acids is 1. The molecular formula is C21H21N3O4. The van der Waals surface area contributed by atoms with Crippen molar-refractivity contribution in [2.24, 2.45) is 5.92 Å². The van der Waals surface area contributed by atoms with Gasteiger partial charge in [0.1, 0.15) is 5.52 Å². The van der Waals surface area contributed by atoms with Crippen LogP contribution in [-0.2, 0) is 4.79 Å². The van der Waals surface area contributed by atoms with Crippen molar-refractivity contribution in [1.29, 1.82) is 0 Å². The first-order valence-electron chi connectivity index (χ1n) is 9.45. The molecule has 4 rings (SSSR count). The predicted octanol–water partition coefficient (Wildman–Crippen LogP) is 3.79. The van der Waals surface area contributed by atoms with Crippen LogP contribution in [0.1, 0.15) is 38.1 Å². The lowest BCUT2D eigenvalue weighted by Crippen LogP contribution is -2.32. The minimum atomic E-state index is -1.03. The number of ether oxygens (including phenoxy) is 1. The Balaban J connectivity index is 1.60. The van der Waals surface area contributed by atoms with Gasteiger partial charge in [0.2, 0.25) is 0 Å². The highest BCUT2D eigenvalue weighted by Gasteiger charge is 2.28. The monoisotopic (exact) mass is 379 g/mol. The fourth-order valence-electron chi connectivity index (χ4n) is 3.84. The molecule has 1 atom stereocenters. The molecule has 1 aliphatic rings. The zero-order valence-electron chi connectivity index (χ0n) is 15.3. The minimum Gasteiger partial charge on any atom is -0.480 e. The number of fused-ring (bicyclic) bond motifs is 1. The Morgan fingerprint density at radius 1 is 1.25 bits per heavy atom. The maximum Gasteiger partial charge on any atom is 0.328 e. The van der Waals surface area contributed by atoms with E-state index in [0.717, 1.165) is 35.8 Å². The summed E-state index contributed by atoms with van der Waals surface area (Å²) in [5, 5.41) is 14.6. The van der Waals surface area contributed by atoms with E-state index in [4.69, 9.17) is 4.74 Å². The van der Waals surface area contributed by atoms with Gasteiger partial charge in [-0.15, -0.1) is 0 Å². The summed E-state index contributed by atoms with van der Waals surface area (Å²) in [6.45, 7) is 0. The molecule has 1 fully saturated rings. The highest BCUT2D eigenvalue weighted by molar-refractivity contribution is 5.84. The molecule has 0 spiro atoms. The summed E-state index contributed by atoms with van der Waals surface area (Å²) in [6.07, 6.45) is 7.73. The molecular weight excluding hydrogens is 358 g/mol. The van der Waals surface area contributed by atoms with Crippen molar-refractivity contribution >= 4 is 16.9 Å². The van der Waals surface area contributed by atoms with Crippen LogP contribution in [0.3, 0.4) is 0 Å². The Hall–Kier alpha value is -3.22. The van der Waals surface area contributed by atoms with Crippen LogP contribution >= 0.6 is 0 Å². The Bertz CT molecular complexity index is 1050. The summed E-state index contributed by atoms with van der Waals surface area (Å²) < 4.78 is 6.87. The van der Waals surface area contributed by atoms with Crippen LogP contribution in [0.4, 0.5) is 0 Å². The largest absolute Gasteiger partial charge is 0.480 e. The number of benzene rings is 1. The molecule has 1 saturated carbocycles. The van der Waals surface area contributed by atoms with E-state index >= 15 is 0 Å². The van der Waals surface area contributed by atoms with E-state index in [2.05, 4.69) is 10.1 Å². The van der Waals surface area contributed by atoms with Crippen molar-refractivity contribution < 1.29 is 14.6 Å². The fourth-order valence-corrected chi connectivity index (χ4v) is 3.84. The van der Waals surface area contributed by atoms with Gasteiger partial charge < -0.3 is 9.84 Å². The zero-order valence-corrected chi connectivity index (χ0v) is 15.3. The summed E-state index contributed by atoms with van der Waals surface area (Å²) in [5.41, 5.74) is 0.190. The molecule has 7 nitrogen and oxygen atoms in total. The molecule has 7 heteroatoms. The summed E-state index contributed by atoms with van der Waals surface area (Å²) >= 11 is 0. The Kier molecular flexibility index (Phi) is 5.06. The van der Waals surface area contributed by atoms with Gasteiger partial charge in [-0.1, -0.05) is 43.9 Å². The van der Waals surface area contributed by atoms with E-state index < -0.39 is 17.6 Å². The van der Waals surface area contributed by atoms with Gasteiger partial charge in [-0.05, 0) is 24.5 Å². The summed E-state index contributed by atoms with van der Waals surface area (Å²) in [4.78, 5) is 28.6. The highest BCUT2D eigenvalue weighted by atomic mass is 16.5. The second-order valence-electron chi connectivity index (χ2n) is 7.15. The lowest BCUT2D eigenvalue weighted by molar-refractivity contribution is -0.142. The third-order valence-electron chi connectivity index (χ3n) is 5.24. The number of carboxylic acids is 1. The maximum atomic E-state index is 12.6. The first kappa shape index (κ1) is 18.2. The normalized spacial score (nSPS) is 15.6. The third-order valence-corrected chi connectivity index (χ3v) is 5.24. The molecule has 3 aromatic rings. The first-order chi connectivity index (χ1) is 13.6. The van der Waals surface area contributed by atoms with Crippen LogP contribution in [-0.4, -0.2) is 25.8 Å². The topological polar surface area (TPSA) is 94.3 Å². The van der Waals surface area contributed by atoms with Gasteiger partial charge in [0.25, 0.3) is 5.56 Å². The molecule has 144 valence electrons. The van der Waals surface area contributed by atoms with Crippen molar-refractivity contribution in [3.05, 3.63) is 59.1 Å². The second kappa shape index (κ2) is 7.80. The Morgan fingerprint density at radius 2 is 2.04 bits per heavy atom. The van der Waals surface area contributed by atoms with E-state index in [-0.39, 0.29) is 5.75 Å². The van der Waals surface area contributed by atoms with Gasteiger partial charge in [0.15, 0.2) is 17.5 Å². The molecule has 1 N–H and O–H groups in total. The van der Waals surface area contributed by atoms with Crippen LogP contribution in [0, 0.1) is 5.92 Å². The number of carboxylic acid groups (broad SMARTS) is 1. The SMILES string of the molecule is O=C(O)C(CC1CCCC1)n1ncc(Oc2cccc3cccnc23)cc1=O. The second-order valence-corrected chi connectivity index (χ2v) is 7.15. The molecule has 1 unspecified atom stereocenters. The van der Waals surface area contributed by atoms with E-state index in [1.165, 1.54) is 12.3 Å². The van der Waals surface area contributed by atoms with Gasteiger partial charge >= 0.3 is 5.97 Å². The van der Waals surface area contributed by atoms with E-state index in [9.17, 15) is 14.7 Å². The smallest absolute Gasteiger partial charge is 0.328 e. The lowest BCUT2D eigenvalue weighted by atomic mass is 9.98. The van der Waals surface area contributed by atoms with Gasteiger partial charge in [0, 0.05) is 17.6 Å². The number of para-hydroxylation sites is 1. The predicted molar refractivity (Wildman–Crippen MR) is 104 cm³/mol. The molecule has 0 bridgehead atoms. The summed E-state index contributed by atoms with van der Waals surface area (Å²) in [7, 11) is 0. The minimum absolute atomic E-state index is 0.254. The van der Waals surface area contributed by atoms with Crippen molar-refractivity contribution in [1.82, 2.24) is 14.8 Å². The van der Waals surface area contributed by atoms with Gasteiger partial charge in [-0.3, -0.25) is 9.78 Å². The van der Waals surface area contributed by atoms with Crippen LogP contribution < -0.4 is 10.3 Å². The standard InChI is InChI=1S/C21H21N3O4/c25-19-12-16(28-18-9-3-7-15-8-4-10-22-20(15)18)13-23-24(19)17(21(26)27)11-14-5-1-2-6-14/h3-4,7-10,12-14,17H,1-2,5-6,11H2,(H,26,27). The van der Waals surface area contributed by atoms with Crippen LogP contribution in [0.5, 0.6) is 11.5 Å². The van der Waals surface area contributed by atoms with E-state index in [0.29, 0.717) is 23.6 Å². The summed E-state index contributed by atoms with van der Waals surface area (Å²) in [5.74, 6) is 0.0584. The van der Waals surface area contributed by atoms with Gasteiger partial charge in [0.05, 0.1) is 6.20 Å². The third kappa shape index (κ3) is 3.74. The van der Waals surface area contributed by atoms with Gasteiger partial charge in [-0.2, -0.15) is 5.10 Å². The number of aromatic nitrogens is 3. The number of carbonyl (C=O) groups is 1. The average molecular weight is 379 g/mol. The molecule has 1 aromatic carbocycles. The van der Waals surface area contributed by atoms with Crippen LogP contribution in [0.15, 0.2) is 53.6 Å². The number of hydrogen-bond donors (Lipinski definition) is 1. The zero-order chi connectivity index (χ0) is 19.5. The van der Waals surface area contributed by atoms with Crippen molar-refractivity contribution in [3.63, 3.8) is 0 Å². The average Bonchev–Trinajstić information content (AvgIpc) is 3.20. The number of hydrogen-bond acceptors (Lipinski definition) is 5. The molecule has 0 radical (unpaired) electrons. The van der Waals surface area contributed by atoms with Crippen molar-refractivity contribution in [2.45, 2.75) is 38.1 Å².